The number of aliphatic hydroxyl groups excluding tert-OH is 1. The van der Waals surface area contributed by atoms with E-state index in [0.717, 1.165) is 5.56 Å². The Hall–Kier alpha value is -0.280. The number of aliphatic hydroxyl groups is 1. The van der Waals surface area contributed by atoms with Gasteiger partial charge in [-0.25, -0.2) is 0 Å². The van der Waals surface area contributed by atoms with Gasteiger partial charge in [-0.05, 0) is 12.1 Å². The van der Waals surface area contributed by atoms with Gasteiger partial charge in [0.05, 0.1) is 6.61 Å². The molecule has 0 amide bonds. The second kappa shape index (κ2) is 3.95. The number of rotatable bonds is 3. The number of hydrogen-bond acceptors (Lipinski definition) is 2. The molecule has 1 aliphatic heterocycles. The molecule has 15 heavy (non-hydrogen) atoms. The second-order valence-corrected chi connectivity index (χ2v) is 4.73. The topological polar surface area (TPSA) is 32.8 Å². The highest BCUT2D eigenvalue weighted by Gasteiger charge is 2.51. The molecule has 0 unspecified atom stereocenters. The molecule has 1 N–H and O–H groups in total. The van der Waals surface area contributed by atoms with Crippen LogP contribution in [0.3, 0.4) is 0 Å². The third kappa shape index (κ3) is 1.87. The van der Waals surface area contributed by atoms with Crippen molar-refractivity contribution in [3.8, 4) is 0 Å². The lowest BCUT2D eigenvalue weighted by Crippen LogP contribution is -2.23. The third-order valence-electron chi connectivity index (χ3n) is 2.91. The van der Waals surface area contributed by atoms with Crippen molar-refractivity contribution in [3.05, 3.63) is 33.8 Å². The molecule has 2 nitrogen and oxygen atoms in total. The molecule has 1 saturated heterocycles. The summed E-state index contributed by atoms with van der Waals surface area (Å²) >= 11 is 11.9. The molecule has 1 aromatic carbocycles. The summed E-state index contributed by atoms with van der Waals surface area (Å²) in [6.07, 6.45) is 0. The Morgan fingerprint density at radius 2 is 2.20 bits per heavy atom. The van der Waals surface area contributed by atoms with E-state index in [1.807, 2.05) is 13.0 Å². The highest BCUT2D eigenvalue weighted by atomic mass is 35.5. The van der Waals surface area contributed by atoms with E-state index in [1.165, 1.54) is 0 Å². The van der Waals surface area contributed by atoms with Crippen LogP contribution in [0.25, 0.3) is 0 Å². The number of halogens is 2. The maximum absolute atomic E-state index is 9.17. The summed E-state index contributed by atoms with van der Waals surface area (Å²) in [5.41, 5.74) is 0.506. The molecule has 0 bridgehead atoms. The van der Waals surface area contributed by atoms with Crippen LogP contribution in [0.15, 0.2) is 18.2 Å². The van der Waals surface area contributed by atoms with Crippen molar-refractivity contribution >= 4 is 23.2 Å². The highest BCUT2D eigenvalue weighted by Crippen LogP contribution is 2.48. The lowest BCUT2D eigenvalue weighted by Gasteiger charge is -2.19. The van der Waals surface area contributed by atoms with E-state index in [2.05, 4.69) is 0 Å². The van der Waals surface area contributed by atoms with Crippen molar-refractivity contribution in [2.45, 2.75) is 12.5 Å². The Kier molecular flexibility index (Phi) is 2.95. The fraction of sp³-hybridized carbons (Fsp3) is 0.455. The van der Waals surface area contributed by atoms with Gasteiger partial charge in [0.15, 0.2) is 0 Å². The zero-order valence-corrected chi connectivity index (χ0v) is 9.85. The zero-order valence-electron chi connectivity index (χ0n) is 8.34. The maximum atomic E-state index is 9.17. The van der Waals surface area contributed by atoms with Gasteiger partial charge in [-0.2, -0.15) is 0 Å². The number of hydrogen-bond donors (Lipinski definition) is 1. The van der Waals surface area contributed by atoms with Crippen LogP contribution < -0.4 is 0 Å². The van der Waals surface area contributed by atoms with Crippen molar-refractivity contribution in [1.29, 1.82) is 0 Å². The first-order valence-corrected chi connectivity index (χ1v) is 5.56. The Labute approximate surface area is 98.8 Å². The second-order valence-electron chi connectivity index (χ2n) is 3.89. The molecular formula is C11H12Cl2O2. The predicted octanol–water partition coefficient (Wildman–Crippen LogP) is 2.85. The molecule has 0 spiro atoms. The number of benzene rings is 1. The lowest BCUT2D eigenvalue weighted by atomic mass is 9.88. The normalized spacial score (nSPS) is 26.4. The smallest absolute Gasteiger partial charge is 0.123 e. The van der Waals surface area contributed by atoms with E-state index in [-0.39, 0.29) is 12.5 Å². The largest absolute Gasteiger partial charge is 0.396 e. The molecule has 1 aromatic rings. The highest BCUT2D eigenvalue weighted by molar-refractivity contribution is 6.35. The van der Waals surface area contributed by atoms with Gasteiger partial charge in [0, 0.05) is 28.1 Å². The minimum atomic E-state index is -0.406. The van der Waals surface area contributed by atoms with Gasteiger partial charge in [0.1, 0.15) is 5.60 Å². The van der Waals surface area contributed by atoms with Crippen LogP contribution in [0, 0.1) is 5.92 Å². The predicted molar refractivity (Wildman–Crippen MR) is 60.3 cm³/mol. The Balaban J connectivity index is 2.37. The van der Waals surface area contributed by atoms with Crippen LogP contribution in [0.4, 0.5) is 0 Å². The van der Waals surface area contributed by atoms with Gasteiger partial charge < -0.3 is 9.84 Å². The van der Waals surface area contributed by atoms with Crippen molar-refractivity contribution in [3.63, 3.8) is 0 Å². The molecule has 2 atom stereocenters. The Morgan fingerprint density at radius 1 is 1.53 bits per heavy atom. The molecule has 2 rings (SSSR count). The van der Waals surface area contributed by atoms with Gasteiger partial charge in [-0.15, -0.1) is 0 Å². The quantitative estimate of drug-likeness (QED) is 0.833. The minimum absolute atomic E-state index is 0.0381. The number of ether oxygens (including phenoxy) is 1. The lowest BCUT2D eigenvalue weighted by molar-refractivity contribution is 0.147. The molecule has 1 aliphatic rings. The van der Waals surface area contributed by atoms with E-state index in [4.69, 9.17) is 33.0 Å². The van der Waals surface area contributed by atoms with Gasteiger partial charge in [-0.3, -0.25) is 0 Å². The fourth-order valence-corrected chi connectivity index (χ4v) is 2.33. The van der Waals surface area contributed by atoms with E-state index in [1.54, 1.807) is 12.1 Å². The molecule has 1 heterocycles. The molecule has 0 aromatic heterocycles. The average molecular weight is 247 g/mol. The van der Waals surface area contributed by atoms with E-state index < -0.39 is 5.60 Å². The first kappa shape index (κ1) is 11.2. The summed E-state index contributed by atoms with van der Waals surface area (Å²) in [6.45, 7) is 2.63. The molecule has 0 aliphatic carbocycles. The van der Waals surface area contributed by atoms with Crippen molar-refractivity contribution < 1.29 is 9.84 Å². The van der Waals surface area contributed by atoms with Crippen LogP contribution in [-0.4, -0.2) is 18.3 Å². The van der Waals surface area contributed by atoms with Crippen LogP contribution in [-0.2, 0) is 10.3 Å². The first-order valence-electron chi connectivity index (χ1n) is 4.80. The van der Waals surface area contributed by atoms with Crippen molar-refractivity contribution in [2.24, 2.45) is 5.92 Å². The summed E-state index contributed by atoms with van der Waals surface area (Å²) in [7, 11) is 0. The van der Waals surface area contributed by atoms with E-state index in [9.17, 15) is 0 Å². The summed E-state index contributed by atoms with van der Waals surface area (Å²) in [5, 5.41) is 10.4. The third-order valence-corrected chi connectivity index (χ3v) is 3.46. The van der Waals surface area contributed by atoms with E-state index >= 15 is 0 Å². The van der Waals surface area contributed by atoms with Crippen molar-refractivity contribution in [2.75, 3.05) is 13.2 Å². The van der Waals surface area contributed by atoms with Crippen LogP contribution in [0.5, 0.6) is 0 Å². The summed E-state index contributed by atoms with van der Waals surface area (Å²) < 4.78 is 5.47. The minimum Gasteiger partial charge on any atom is -0.396 e. The summed E-state index contributed by atoms with van der Waals surface area (Å²) in [4.78, 5) is 0. The van der Waals surface area contributed by atoms with Gasteiger partial charge >= 0.3 is 0 Å². The van der Waals surface area contributed by atoms with Crippen LogP contribution in [0.2, 0.25) is 10.0 Å². The Bertz CT molecular complexity index is 375. The van der Waals surface area contributed by atoms with Gasteiger partial charge in [0.25, 0.3) is 0 Å². The molecular weight excluding hydrogens is 235 g/mol. The van der Waals surface area contributed by atoms with Crippen LogP contribution in [0.1, 0.15) is 12.5 Å². The zero-order chi connectivity index (χ0) is 11.1. The molecule has 82 valence electrons. The average Bonchev–Trinajstić information content (AvgIpc) is 2.97. The maximum Gasteiger partial charge on any atom is 0.123 e. The SMILES string of the molecule is C[C@H](CO)[C@]1(c2ccc(Cl)cc2Cl)CO1. The fourth-order valence-electron chi connectivity index (χ4n) is 1.76. The van der Waals surface area contributed by atoms with Gasteiger partial charge in [-0.1, -0.05) is 36.2 Å². The first-order chi connectivity index (χ1) is 7.10. The Morgan fingerprint density at radius 3 is 2.67 bits per heavy atom. The van der Waals surface area contributed by atoms with Crippen molar-refractivity contribution in [1.82, 2.24) is 0 Å². The molecule has 4 heteroatoms. The molecule has 1 fully saturated rings. The standard InChI is InChI=1S/C11H12Cl2O2/c1-7(5-14)11(6-15-11)9-3-2-8(12)4-10(9)13/h2-4,7,14H,5-6H2,1H3/t7-,11+/m1/s1. The summed E-state index contributed by atoms with van der Waals surface area (Å²) in [5.74, 6) is 0.0381. The summed E-state index contributed by atoms with van der Waals surface area (Å²) in [6, 6.07) is 5.35. The molecule has 0 radical (unpaired) electrons. The van der Waals surface area contributed by atoms with Gasteiger partial charge in [0.2, 0.25) is 0 Å². The van der Waals surface area contributed by atoms with Crippen LogP contribution >= 0.6 is 23.2 Å². The molecule has 0 saturated carbocycles. The van der Waals surface area contributed by atoms with E-state index in [0.29, 0.717) is 16.7 Å². The monoisotopic (exact) mass is 246 g/mol. The number of epoxide rings is 1.